The molecule has 0 aromatic carbocycles. The molecule has 70 valence electrons. The average molecular weight is 197 g/mol. The first-order valence-corrected chi connectivity index (χ1v) is 4.59. The Balaban J connectivity index is 2.57. The van der Waals surface area contributed by atoms with Gasteiger partial charge in [-0.1, -0.05) is 0 Å². The second-order valence-electron chi connectivity index (χ2n) is 2.94. The second kappa shape index (κ2) is 3.43. The van der Waals surface area contributed by atoms with Gasteiger partial charge in [-0.15, -0.1) is 0 Å². The minimum atomic E-state index is 0.498. The third-order valence-electron chi connectivity index (χ3n) is 2.13. The summed E-state index contributed by atoms with van der Waals surface area (Å²) in [6, 6.07) is 0. The van der Waals surface area contributed by atoms with Crippen molar-refractivity contribution in [1.82, 2.24) is 15.3 Å². The van der Waals surface area contributed by atoms with Crippen molar-refractivity contribution in [3.63, 3.8) is 0 Å². The molecule has 13 heavy (non-hydrogen) atoms. The molecule has 0 saturated carbocycles. The Bertz CT molecular complexity index is 354. The van der Waals surface area contributed by atoms with Crippen LogP contribution in [0.1, 0.15) is 11.3 Å². The smallest absolute Gasteiger partial charge is 0.222 e. The summed E-state index contributed by atoms with van der Waals surface area (Å²) >= 11 is 4.98. The molecule has 1 aliphatic heterocycles. The van der Waals surface area contributed by atoms with Crippen molar-refractivity contribution in [1.29, 1.82) is 0 Å². The summed E-state index contributed by atoms with van der Waals surface area (Å²) in [5.41, 5.74) is 2.25. The quantitative estimate of drug-likeness (QED) is 0.654. The van der Waals surface area contributed by atoms with Crippen LogP contribution in [0.15, 0.2) is 0 Å². The van der Waals surface area contributed by atoms with E-state index < -0.39 is 0 Å². The van der Waals surface area contributed by atoms with Gasteiger partial charge in [0.05, 0.1) is 7.11 Å². The van der Waals surface area contributed by atoms with E-state index in [-0.39, 0.29) is 0 Å². The van der Waals surface area contributed by atoms with Crippen molar-refractivity contribution in [2.24, 2.45) is 0 Å². The number of aromatic nitrogens is 2. The minimum Gasteiger partial charge on any atom is -0.481 e. The number of ether oxygens (including phenoxy) is 1. The number of nitrogens with one attached hydrogen (secondary N) is 2. The third-order valence-corrected chi connectivity index (χ3v) is 2.32. The highest BCUT2D eigenvalue weighted by Crippen LogP contribution is 2.20. The fraction of sp³-hybridized carbons (Fsp3) is 0.500. The predicted molar refractivity (Wildman–Crippen MR) is 51.4 cm³/mol. The molecule has 0 saturated heterocycles. The monoisotopic (exact) mass is 197 g/mol. The Hall–Kier alpha value is -0.940. The molecule has 2 N–H and O–H groups in total. The lowest BCUT2D eigenvalue weighted by molar-refractivity contribution is 0.384. The van der Waals surface area contributed by atoms with Crippen LogP contribution in [-0.2, 0) is 13.0 Å². The maximum atomic E-state index is 5.16. The van der Waals surface area contributed by atoms with Crippen LogP contribution in [0.5, 0.6) is 5.88 Å². The Labute approximate surface area is 81.3 Å². The lowest BCUT2D eigenvalue weighted by Crippen LogP contribution is -2.25. The Morgan fingerprint density at radius 3 is 3.15 bits per heavy atom. The van der Waals surface area contributed by atoms with Crippen molar-refractivity contribution in [2.45, 2.75) is 13.0 Å². The van der Waals surface area contributed by atoms with Gasteiger partial charge in [0.25, 0.3) is 0 Å². The first-order valence-electron chi connectivity index (χ1n) is 4.18. The van der Waals surface area contributed by atoms with E-state index in [9.17, 15) is 0 Å². The van der Waals surface area contributed by atoms with Gasteiger partial charge in [-0.2, -0.15) is 4.98 Å². The van der Waals surface area contributed by atoms with E-state index in [1.54, 1.807) is 7.11 Å². The van der Waals surface area contributed by atoms with Crippen LogP contribution in [-0.4, -0.2) is 23.6 Å². The van der Waals surface area contributed by atoms with Crippen molar-refractivity contribution in [3.05, 3.63) is 16.0 Å². The molecule has 2 rings (SSSR count). The molecular formula is C8H11N3OS. The minimum absolute atomic E-state index is 0.498. The molecule has 5 heteroatoms. The number of nitrogens with zero attached hydrogens (tertiary/aromatic N) is 1. The number of H-pyrrole nitrogens is 1. The van der Waals surface area contributed by atoms with E-state index >= 15 is 0 Å². The molecule has 1 aliphatic rings. The number of methoxy groups -OCH3 is 1. The molecule has 0 atom stereocenters. The Kier molecular flexibility index (Phi) is 2.28. The molecule has 1 aromatic rings. The number of rotatable bonds is 1. The van der Waals surface area contributed by atoms with Gasteiger partial charge in [0.2, 0.25) is 5.88 Å². The van der Waals surface area contributed by atoms with Gasteiger partial charge >= 0.3 is 0 Å². The zero-order chi connectivity index (χ0) is 9.26. The van der Waals surface area contributed by atoms with Crippen molar-refractivity contribution < 1.29 is 4.74 Å². The van der Waals surface area contributed by atoms with Gasteiger partial charge in [-0.25, -0.2) is 0 Å². The van der Waals surface area contributed by atoms with E-state index in [0.717, 1.165) is 30.8 Å². The van der Waals surface area contributed by atoms with Crippen LogP contribution in [0, 0.1) is 4.77 Å². The highest BCUT2D eigenvalue weighted by molar-refractivity contribution is 7.71. The zero-order valence-corrected chi connectivity index (χ0v) is 8.20. The van der Waals surface area contributed by atoms with Crippen LogP contribution in [0.25, 0.3) is 0 Å². The van der Waals surface area contributed by atoms with Gasteiger partial charge < -0.3 is 15.0 Å². The van der Waals surface area contributed by atoms with Gasteiger partial charge in [0.1, 0.15) is 0 Å². The maximum Gasteiger partial charge on any atom is 0.222 e. The summed E-state index contributed by atoms with van der Waals surface area (Å²) < 4.78 is 5.65. The summed E-state index contributed by atoms with van der Waals surface area (Å²) in [4.78, 5) is 7.19. The predicted octanol–water partition coefficient (Wildman–Crippen LogP) is 0.793. The topological polar surface area (TPSA) is 49.9 Å². The third kappa shape index (κ3) is 1.57. The second-order valence-corrected chi connectivity index (χ2v) is 3.32. The molecule has 4 nitrogen and oxygen atoms in total. The zero-order valence-electron chi connectivity index (χ0n) is 7.39. The van der Waals surface area contributed by atoms with Crippen LogP contribution < -0.4 is 10.1 Å². The molecular weight excluding hydrogens is 186 g/mol. The van der Waals surface area contributed by atoms with Crippen LogP contribution in [0.2, 0.25) is 0 Å². The van der Waals surface area contributed by atoms with Crippen LogP contribution in [0.3, 0.4) is 0 Å². The highest BCUT2D eigenvalue weighted by Gasteiger charge is 2.14. The van der Waals surface area contributed by atoms with Crippen molar-refractivity contribution >= 4 is 12.2 Å². The number of hydrogen-bond acceptors (Lipinski definition) is 4. The van der Waals surface area contributed by atoms with E-state index in [4.69, 9.17) is 17.0 Å². The van der Waals surface area contributed by atoms with Gasteiger partial charge in [-0.05, 0) is 12.2 Å². The van der Waals surface area contributed by atoms with Gasteiger partial charge in [-0.3, -0.25) is 0 Å². The van der Waals surface area contributed by atoms with E-state index in [0.29, 0.717) is 10.7 Å². The fourth-order valence-electron chi connectivity index (χ4n) is 1.51. The molecule has 0 spiro atoms. The van der Waals surface area contributed by atoms with Gasteiger partial charge in [0, 0.05) is 30.8 Å². The van der Waals surface area contributed by atoms with Crippen molar-refractivity contribution in [2.75, 3.05) is 13.7 Å². The van der Waals surface area contributed by atoms with E-state index in [1.807, 2.05) is 0 Å². The lowest BCUT2D eigenvalue weighted by Gasteiger charge is -2.18. The Morgan fingerprint density at radius 2 is 2.38 bits per heavy atom. The number of hydrogen-bond donors (Lipinski definition) is 2. The maximum absolute atomic E-state index is 5.16. The normalized spacial score (nSPS) is 15.2. The molecule has 0 bridgehead atoms. The van der Waals surface area contributed by atoms with E-state index in [2.05, 4.69) is 15.3 Å². The molecule has 0 amide bonds. The lowest BCUT2D eigenvalue weighted by atomic mass is 10.1. The standard InChI is InChI=1S/C8H11N3OS/c1-12-7-5-4-9-3-2-6(5)10-8(13)11-7/h9H,2-4H2,1H3,(H,10,11,13). The molecule has 0 unspecified atom stereocenters. The molecule has 0 radical (unpaired) electrons. The Morgan fingerprint density at radius 1 is 1.54 bits per heavy atom. The largest absolute Gasteiger partial charge is 0.481 e. The van der Waals surface area contributed by atoms with Crippen LogP contribution in [0.4, 0.5) is 0 Å². The summed E-state index contributed by atoms with van der Waals surface area (Å²) in [7, 11) is 1.62. The SMILES string of the molecule is COc1nc(=S)[nH]c2c1CNCC2. The number of aromatic amines is 1. The summed E-state index contributed by atoms with van der Waals surface area (Å²) in [6.45, 7) is 1.78. The molecule has 1 aromatic heterocycles. The first kappa shape index (κ1) is 8.65. The summed E-state index contributed by atoms with van der Waals surface area (Å²) in [5.74, 6) is 0.644. The average Bonchev–Trinajstić information content (AvgIpc) is 2.16. The number of fused-ring (bicyclic) bond motifs is 1. The molecule has 0 aliphatic carbocycles. The highest BCUT2D eigenvalue weighted by atomic mass is 32.1. The molecule has 2 heterocycles. The summed E-state index contributed by atoms with van der Waals surface area (Å²) in [5, 5.41) is 3.26. The first-order chi connectivity index (χ1) is 6.31. The fourth-order valence-corrected chi connectivity index (χ4v) is 1.72. The van der Waals surface area contributed by atoms with Crippen LogP contribution >= 0.6 is 12.2 Å². The van der Waals surface area contributed by atoms with E-state index in [1.165, 1.54) is 0 Å². The summed E-state index contributed by atoms with van der Waals surface area (Å²) in [6.07, 6.45) is 0.956. The molecule has 0 fully saturated rings. The van der Waals surface area contributed by atoms with Gasteiger partial charge in [0.15, 0.2) is 4.77 Å². The van der Waals surface area contributed by atoms with Crippen molar-refractivity contribution in [3.8, 4) is 5.88 Å².